The molecule has 21 heavy (non-hydrogen) atoms. The Kier molecular flexibility index (Phi) is 5.83. The summed E-state index contributed by atoms with van der Waals surface area (Å²) in [7, 11) is 1.77. The average molecular weight is 289 g/mol. The molecule has 0 bridgehead atoms. The zero-order chi connectivity index (χ0) is 15.3. The minimum absolute atomic E-state index is 0.316. The van der Waals surface area contributed by atoms with Gasteiger partial charge in [-0.05, 0) is 51.0 Å². The van der Waals surface area contributed by atoms with Crippen LogP contribution in [-0.2, 0) is 10.2 Å². The maximum absolute atomic E-state index is 5.16. The van der Waals surface area contributed by atoms with Crippen LogP contribution in [0.4, 0.5) is 0 Å². The van der Waals surface area contributed by atoms with E-state index in [1.165, 1.54) is 42.4 Å². The third-order valence-electron chi connectivity index (χ3n) is 5.01. The number of methoxy groups -OCH3 is 1. The molecule has 2 nitrogen and oxygen atoms in total. The van der Waals surface area contributed by atoms with Crippen molar-refractivity contribution < 1.29 is 4.74 Å². The van der Waals surface area contributed by atoms with E-state index in [4.69, 9.17) is 4.74 Å². The van der Waals surface area contributed by atoms with Gasteiger partial charge in [0.1, 0.15) is 0 Å². The lowest BCUT2D eigenvalue weighted by atomic mass is 9.66. The van der Waals surface area contributed by atoms with Crippen LogP contribution < -0.4 is 5.32 Å². The molecule has 2 rings (SSSR count). The lowest BCUT2D eigenvalue weighted by molar-refractivity contribution is 0.187. The summed E-state index contributed by atoms with van der Waals surface area (Å²) in [5.41, 5.74) is 4.63. The zero-order valence-corrected chi connectivity index (χ0v) is 14.2. The summed E-state index contributed by atoms with van der Waals surface area (Å²) in [4.78, 5) is 0. The van der Waals surface area contributed by atoms with Crippen LogP contribution in [0.5, 0.6) is 0 Å². The molecule has 0 aliphatic heterocycles. The van der Waals surface area contributed by atoms with Crippen LogP contribution in [-0.4, -0.2) is 26.8 Å². The van der Waals surface area contributed by atoms with Crippen molar-refractivity contribution >= 4 is 0 Å². The second-order valence-electron chi connectivity index (χ2n) is 7.01. The third-order valence-corrected chi connectivity index (χ3v) is 5.01. The van der Waals surface area contributed by atoms with Gasteiger partial charge >= 0.3 is 0 Å². The quantitative estimate of drug-likeness (QED) is 0.800. The van der Waals surface area contributed by atoms with Gasteiger partial charge in [0.15, 0.2) is 0 Å². The van der Waals surface area contributed by atoms with Crippen LogP contribution in [0.15, 0.2) is 18.2 Å². The first-order valence-electron chi connectivity index (χ1n) is 8.34. The Bertz CT molecular complexity index is 427. The molecule has 0 saturated heterocycles. The number of hydrogen-bond acceptors (Lipinski definition) is 2. The van der Waals surface area contributed by atoms with Gasteiger partial charge in [0, 0.05) is 25.6 Å². The van der Waals surface area contributed by atoms with Crippen LogP contribution in [0, 0.1) is 19.8 Å². The first-order chi connectivity index (χ1) is 10.1. The molecule has 1 aromatic carbocycles. The predicted molar refractivity (Wildman–Crippen MR) is 90.0 cm³/mol. The van der Waals surface area contributed by atoms with E-state index in [-0.39, 0.29) is 0 Å². The highest BCUT2D eigenvalue weighted by atomic mass is 16.5. The fourth-order valence-electron chi connectivity index (χ4n) is 3.66. The summed E-state index contributed by atoms with van der Waals surface area (Å²) in [6.07, 6.45) is 5.30. The molecule has 0 spiro atoms. The number of rotatable bonds is 6. The van der Waals surface area contributed by atoms with Crippen molar-refractivity contribution in [3.8, 4) is 0 Å². The molecular formula is C19H31NO. The Labute approximate surface area is 130 Å². The Balaban J connectivity index is 2.18. The van der Waals surface area contributed by atoms with Gasteiger partial charge in [0.05, 0.1) is 6.61 Å². The normalized spacial score (nSPS) is 26.0. The van der Waals surface area contributed by atoms with Crippen LogP contribution in [0.25, 0.3) is 0 Å². The van der Waals surface area contributed by atoms with E-state index >= 15 is 0 Å². The second-order valence-corrected chi connectivity index (χ2v) is 7.01. The van der Waals surface area contributed by atoms with Crippen molar-refractivity contribution in [2.45, 2.75) is 51.9 Å². The fraction of sp³-hybridized carbons (Fsp3) is 0.684. The van der Waals surface area contributed by atoms with Gasteiger partial charge in [0.2, 0.25) is 0 Å². The molecule has 0 heterocycles. The molecule has 1 saturated carbocycles. The maximum atomic E-state index is 5.16. The highest BCUT2D eigenvalue weighted by molar-refractivity contribution is 5.35. The van der Waals surface area contributed by atoms with E-state index in [0.29, 0.717) is 5.41 Å². The minimum atomic E-state index is 0.316. The minimum Gasteiger partial charge on any atom is -0.383 e. The molecule has 0 unspecified atom stereocenters. The van der Waals surface area contributed by atoms with Crippen LogP contribution in [0.2, 0.25) is 0 Å². The van der Waals surface area contributed by atoms with Crippen molar-refractivity contribution in [3.05, 3.63) is 34.9 Å². The predicted octanol–water partition coefficient (Wildman–Crippen LogP) is 3.99. The highest BCUT2D eigenvalue weighted by Gasteiger charge is 2.35. The molecule has 0 amide bonds. The SMILES string of the molecule is COCCNCC1(c2cc(C)cc(C)c2)CCC(C)CC1. The molecule has 2 heteroatoms. The Morgan fingerprint density at radius 2 is 1.76 bits per heavy atom. The summed E-state index contributed by atoms with van der Waals surface area (Å²) in [5, 5.41) is 3.62. The largest absolute Gasteiger partial charge is 0.383 e. The van der Waals surface area contributed by atoms with Crippen molar-refractivity contribution in [1.82, 2.24) is 5.32 Å². The smallest absolute Gasteiger partial charge is 0.0587 e. The molecule has 118 valence electrons. The number of benzene rings is 1. The van der Waals surface area contributed by atoms with Crippen molar-refractivity contribution in [2.24, 2.45) is 5.92 Å². The van der Waals surface area contributed by atoms with Crippen molar-refractivity contribution in [1.29, 1.82) is 0 Å². The zero-order valence-electron chi connectivity index (χ0n) is 14.2. The lowest BCUT2D eigenvalue weighted by Gasteiger charge is -2.40. The number of ether oxygens (including phenoxy) is 1. The van der Waals surface area contributed by atoms with E-state index in [2.05, 4.69) is 44.3 Å². The number of hydrogen-bond donors (Lipinski definition) is 1. The average Bonchev–Trinajstić information content (AvgIpc) is 2.45. The van der Waals surface area contributed by atoms with Gasteiger partial charge in [-0.2, -0.15) is 0 Å². The van der Waals surface area contributed by atoms with Crippen LogP contribution >= 0.6 is 0 Å². The van der Waals surface area contributed by atoms with Crippen LogP contribution in [0.1, 0.15) is 49.3 Å². The lowest BCUT2D eigenvalue weighted by Crippen LogP contribution is -2.42. The second kappa shape index (κ2) is 7.42. The standard InChI is InChI=1S/C19H31NO/c1-15-5-7-19(8-6-15,14-20-9-10-21-4)18-12-16(2)11-17(3)13-18/h11-13,15,20H,5-10,14H2,1-4H3. The Hall–Kier alpha value is -0.860. The molecule has 1 N–H and O–H groups in total. The summed E-state index contributed by atoms with van der Waals surface area (Å²) >= 11 is 0. The Morgan fingerprint density at radius 1 is 1.14 bits per heavy atom. The number of nitrogens with one attached hydrogen (secondary N) is 1. The van der Waals surface area contributed by atoms with Gasteiger partial charge in [-0.15, -0.1) is 0 Å². The monoisotopic (exact) mass is 289 g/mol. The fourth-order valence-corrected chi connectivity index (χ4v) is 3.66. The van der Waals surface area contributed by atoms with Crippen molar-refractivity contribution in [3.63, 3.8) is 0 Å². The van der Waals surface area contributed by atoms with Crippen molar-refractivity contribution in [2.75, 3.05) is 26.8 Å². The van der Waals surface area contributed by atoms with Crippen LogP contribution in [0.3, 0.4) is 0 Å². The van der Waals surface area contributed by atoms with Gasteiger partial charge in [0.25, 0.3) is 0 Å². The molecule has 0 aromatic heterocycles. The van der Waals surface area contributed by atoms with Gasteiger partial charge in [-0.3, -0.25) is 0 Å². The van der Waals surface area contributed by atoms with Gasteiger partial charge in [-0.1, -0.05) is 36.2 Å². The summed E-state index contributed by atoms with van der Waals surface area (Å²) < 4.78 is 5.16. The Morgan fingerprint density at radius 3 is 2.33 bits per heavy atom. The topological polar surface area (TPSA) is 21.3 Å². The molecule has 1 fully saturated rings. The highest BCUT2D eigenvalue weighted by Crippen LogP contribution is 2.41. The molecule has 0 radical (unpaired) electrons. The van der Waals surface area contributed by atoms with E-state index < -0.39 is 0 Å². The molecule has 1 aliphatic rings. The molecule has 0 atom stereocenters. The summed E-state index contributed by atoms with van der Waals surface area (Å²) in [6.45, 7) is 9.63. The number of aryl methyl sites for hydroxylation is 2. The first-order valence-corrected chi connectivity index (χ1v) is 8.34. The van der Waals surface area contributed by atoms with E-state index in [9.17, 15) is 0 Å². The third kappa shape index (κ3) is 4.31. The maximum Gasteiger partial charge on any atom is 0.0587 e. The van der Waals surface area contributed by atoms with Gasteiger partial charge < -0.3 is 10.1 Å². The summed E-state index contributed by atoms with van der Waals surface area (Å²) in [6, 6.07) is 7.09. The van der Waals surface area contributed by atoms with E-state index in [0.717, 1.165) is 25.6 Å². The molecule has 1 aliphatic carbocycles. The van der Waals surface area contributed by atoms with E-state index in [1.54, 1.807) is 7.11 Å². The van der Waals surface area contributed by atoms with Gasteiger partial charge in [-0.25, -0.2) is 0 Å². The molecular weight excluding hydrogens is 258 g/mol. The molecule has 1 aromatic rings. The first kappa shape index (κ1) is 16.5. The van der Waals surface area contributed by atoms with E-state index in [1.807, 2.05) is 0 Å². The summed E-state index contributed by atoms with van der Waals surface area (Å²) in [5.74, 6) is 0.878.